The highest BCUT2D eigenvalue weighted by Crippen LogP contribution is 2.42. The largest absolute Gasteiger partial charge is 0.481 e. The highest BCUT2D eigenvalue weighted by Gasteiger charge is 2.48. The second-order valence-electron chi connectivity index (χ2n) is 5.74. The van der Waals surface area contributed by atoms with Gasteiger partial charge in [0.2, 0.25) is 0 Å². The quantitative estimate of drug-likeness (QED) is 0.802. The van der Waals surface area contributed by atoms with Crippen LogP contribution in [0.4, 0.5) is 0 Å². The predicted molar refractivity (Wildman–Crippen MR) is 75.5 cm³/mol. The summed E-state index contributed by atoms with van der Waals surface area (Å²) in [6.07, 6.45) is 3.25. The smallest absolute Gasteiger partial charge is 0.303 e. The SMILES string of the molecule is CCN(CC)S(=O)(=O)N1C2CCC1CC(CC(=O)O)C2. The summed E-state index contributed by atoms with van der Waals surface area (Å²) >= 11 is 0. The van der Waals surface area contributed by atoms with Gasteiger partial charge in [-0.25, -0.2) is 0 Å². The summed E-state index contributed by atoms with van der Waals surface area (Å²) in [5, 5.41) is 8.91. The minimum absolute atomic E-state index is 0.0105. The number of carboxylic acid groups (broad SMARTS) is 1. The van der Waals surface area contributed by atoms with Gasteiger partial charge in [0.05, 0.1) is 0 Å². The molecule has 0 aromatic heterocycles. The first-order chi connectivity index (χ1) is 9.40. The average Bonchev–Trinajstić information content (AvgIpc) is 2.63. The molecular formula is C13H24N2O4S. The zero-order valence-corrected chi connectivity index (χ0v) is 13.0. The van der Waals surface area contributed by atoms with Crippen molar-refractivity contribution in [3.8, 4) is 0 Å². The molecular weight excluding hydrogens is 280 g/mol. The van der Waals surface area contributed by atoms with Crippen LogP contribution in [0.3, 0.4) is 0 Å². The Bertz CT molecular complexity index is 447. The minimum Gasteiger partial charge on any atom is -0.481 e. The molecule has 7 heteroatoms. The molecule has 0 saturated carbocycles. The minimum atomic E-state index is -3.39. The molecule has 2 rings (SSSR count). The van der Waals surface area contributed by atoms with Crippen LogP contribution in [0.25, 0.3) is 0 Å². The maximum Gasteiger partial charge on any atom is 0.303 e. The van der Waals surface area contributed by atoms with Crippen LogP contribution in [0.2, 0.25) is 0 Å². The Morgan fingerprint density at radius 3 is 2.10 bits per heavy atom. The third-order valence-electron chi connectivity index (χ3n) is 4.53. The summed E-state index contributed by atoms with van der Waals surface area (Å²) in [6.45, 7) is 4.65. The molecule has 2 saturated heterocycles. The average molecular weight is 304 g/mol. The second-order valence-corrected chi connectivity index (χ2v) is 7.58. The summed E-state index contributed by atoms with van der Waals surface area (Å²) in [7, 11) is -3.39. The summed E-state index contributed by atoms with van der Waals surface area (Å²) in [4.78, 5) is 10.8. The van der Waals surface area contributed by atoms with Crippen molar-refractivity contribution in [3.63, 3.8) is 0 Å². The molecule has 2 bridgehead atoms. The standard InChI is InChI=1S/C13H24N2O4S/c1-3-14(4-2)20(18,19)15-11-5-6-12(15)8-10(7-11)9-13(16)17/h10-12H,3-9H2,1-2H3,(H,16,17). The van der Waals surface area contributed by atoms with Crippen LogP contribution in [0.1, 0.15) is 46.0 Å². The van der Waals surface area contributed by atoms with E-state index in [4.69, 9.17) is 5.11 Å². The normalized spacial score (nSPS) is 30.9. The van der Waals surface area contributed by atoms with E-state index in [-0.39, 0.29) is 24.4 Å². The molecule has 0 aromatic carbocycles. The van der Waals surface area contributed by atoms with Gasteiger partial charge in [-0.05, 0) is 31.6 Å². The van der Waals surface area contributed by atoms with Crippen molar-refractivity contribution >= 4 is 16.2 Å². The number of hydrogen-bond donors (Lipinski definition) is 1. The number of carboxylic acids is 1. The molecule has 0 radical (unpaired) electrons. The second kappa shape index (κ2) is 5.99. The van der Waals surface area contributed by atoms with Gasteiger partial charge < -0.3 is 5.11 Å². The monoisotopic (exact) mass is 304 g/mol. The molecule has 2 fully saturated rings. The number of fused-ring (bicyclic) bond motifs is 2. The molecule has 6 nitrogen and oxygen atoms in total. The van der Waals surface area contributed by atoms with Gasteiger partial charge in [-0.1, -0.05) is 13.8 Å². The molecule has 0 spiro atoms. The molecule has 0 aromatic rings. The fraction of sp³-hybridized carbons (Fsp3) is 0.923. The van der Waals surface area contributed by atoms with E-state index in [2.05, 4.69) is 0 Å². The molecule has 2 atom stereocenters. The Morgan fingerprint density at radius 2 is 1.70 bits per heavy atom. The Hall–Kier alpha value is -0.660. The lowest BCUT2D eigenvalue weighted by molar-refractivity contribution is -0.138. The van der Waals surface area contributed by atoms with E-state index >= 15 is 0 Å². The molecule has 1 N–H and O–H groups in total. The maximum atomic E-state index is 12.7. The first kappa shape index (κ1) is 15.7. The fourth-order valence-corrected chi connectivity index (χ4v) is 5.78. The van der Waals surface area contributed by atoms with Gasteiger partial charge in [0.1, 0.15) is 0 Å². The molecule has 2 unspecified atom stereocenters. The van der Waals surface area contributed by atoms with Gasteiger partial charge in [-0.15, -0.1) is 0 Å². The maximum absolute atomic E-state index is 12.7. The van der Waals surface area contributed by atoms with Crippen molar-refractivity contribution in [1.82, 2.24) is 8.61 Å². The Balaban J connectivity index is 2.15. The summed E-state index contributed by atoms with van der Waals surface area (Å²) < 4.78 is 28.5. The van der Waals surface area contributed by atoms with Crippen LogP contribution in [-0.4, -0.2) is 53.3 Å². The number of rotatable bonds is 6. The summed E-state index contributed by atoms with van der Waals surface area (Å²) in [6, 6.07) is -0.0209. The van der Waals surface area contributed by atoms with Crippen LogP contribution in [0.15, 0.2) is 0 Å². The van der Waals surface area contributed by atoms with Gasteiger partial charge >= 0.3 is 5.97 Å². The van der Waals surface area contributed by atoms with E-state index in [1.165, 1.54) is 4.31 Å². The zero-order valence-electron chi connectivity index (χ0n) is 12.2. The van der Waals surface area contributed by atoms with Crippen molar-refractivity contribution in [2.75, 3.05) is 13.1 Å². The van der Waals surface area contributed by atoms with Crippen molar-refractivity contribution in [2.24, 2.45) is 5.92 Å². The van der Waals surface area contributed by atoms with Crippen LogP contribution >= 0.6 is 0 Å². The summed E-state index contributed by atoms with van der Waals surface area (Å²) in [5.74, 6) is -0.664. The third kappa shape index (κ3) is 2.84. The van der Waals surface area contributed by atoms with E-state index < -0.39 is 16.2 Å². The summed E-state index contributed by atoms with van der Waals surface area (Å²) in [5.41, 5.74) is 0. The van der Waals surface area contributed by atoms with Gasteiger partial charge in [0.15, 0.2) is 0 Å². The first-order valence-electron chi connectivity index (χ1n) is 7.40. The molecule has 20 heavy (non-hydrogen) atoms. The first-order valence-corrected chi connectivity index (χ1v) is 8.80. The molecule has 2 aliphatic heterocycles. The van der Waals surface area contributed by atoms with E-state index in [0.29, 0.717) is 25.9 Å². The van der Waals surface area contributed by atoms with Gasteiger partial charge in [-0.2, -0.15) is 17.0 Å². The molecule has 116 valence electrons. The van der Waals surface area contributed by atoms with Gasteiger partial charge in [0, 0.05) is 31.6 Å². The van der Waals surface area contributed by atoms with Crippen molar-refractivity contribution in [3.05, 3.63) is 0 Å². The van der Waals surface area contributed by atoms with E-state index in [1.807, 2.05) is 13.8 Å². The topological polar surface area (TPSA) is 77.9 Å². The molecule has 0 amide bonds. The Kier molecular flexibility index (Phi) is 4.71. The lowest BCUT2D eigenvalue weighted by Crippen LogP contribution is -2.52. The van der Waals surface area contributed by atoms with Crippen LogP contribution < -0.4 is 0 Å². The van der Waals surface area contributed by atoms with Crippen molar-refractivity contribution in [1.29, 1.82) is 0 Å². The van der Waals surface area contributed by atoms with Crippen LogP contribution in [-0.2, 0) is 15.0 Å². The highest BCUT2D eigenvalue weighted by molar-refractivity contribution is 7.86. The zero-order chi connectivity index (χ0) is 14.9. The fourth-order valence-electron chi connectivity index (χ4n) is 3.72. The van der Waals surface area contributed by atoms with Crippen molar-refractivity contribution < 1.29 is 18.3 Å². The third-order valence-corrected chi connectivity index (χ3v) is 6.82. The molecule has 2 heterocycles. The van der Waals surface area contributed by atoms with E-state index in [9.17, 15) is 13.2 Å². The van der Waals surface area contributed by atoms with Gasteiger partial charge in [0.25, 0.3) is 10.2 Å². The Morgan fingerprint density at radius 1 is 1.20 bits per heavy atom. The lowest BCUT2D eigenvalue weighted by Gasteiger charge is -2.39. The number of hydrogen-bond acceptors (Lipinski definition) is 3. The van der Waals surface area contributed by atoms with Crippen LogP contribution in [0.5, 0.6) is 0 Å². The van der Waals surface area contributed by atoms with E-state index in [1.54, 1.807) is 4.31 Å². The van der Waals surface area contributed by atoms with Crippen LogP contribution in [0, 0.1) is 5.92 Å². The number of carbonyl (C=O) groups is 1. The number of aliphatic carboxylic acids is 1. The molecule has 2 aliphatic rings. The Labute approximate surface area is 120 Å². The number of nitrogens with zero attached hydrogens (tertiary/aromatic N) is 2. The predicted octanol–water partition coefficient (Wildman–Crippen LogP) is 1.29. The molecule has 0 aliphatic carbocycles. The highest BCUT2D eigenvalue weighted by atomic mass is 32.2. The van der Waals surface area contributed by atoms with E-state index in [0.717, 1.165) is 12.8 Å². The van der Waals surface area contributed by atoms with Crippen molar-refractivity contribution in [2.45, 2.75) is 58.0 Å². The lowest BCUT2D eigenvalue weighted by atomic mass is 9.90. The van der Waals surface area contributed by atoms with Gasteiger partial charge in [-0.3, -0.25) is 4.79 Å². The number of piperidine rings is 1.